The summed E-state index contributed by atoms with van der Waals surface area (Å²) in [6.45, 7) is 5.83. The Bertz CT molecular complexity index is 1030. The number of alkyl carbamates (subject to hydrolysis) is 1. The standard InChI is InChI=1S/C20H23ClN4O6/c1-20(2,3)31-19(26)24-13-9-30-16-12(8-29-17(13)16)22-14-10-6-4-5-7-11(10)23-18(21)15(14)25(27)28/h4-7,12-13,16-17H,8-9H2,1-3H3,(H,22,23)(H,24,26)/t12-,13-,16+,17+/m0/s1. The summed E-state index contributed by atoms with van der Waals surface area (Å²) in [7, 11) is 0. The van der Waals surface area contributed by atoms with Crippen molar-refractivity contribution in [1.29, 1.82) is 0 Å². The maximum atomic E-state index is 12.1. The van der Waals surface area contributed by atoms with E-state index in [1.807, 2.05) is 0 Å². The summed E-state index contributed by atoms with van der Waals surface area (Å²) < 4.78 is 17.0. The highest BCUT2D eigenvalue weighted by atomic mass is 35.5. The molecule has 3 heterocycles. The van der Waals surface area contributed by atoms with Gasteiger partial charge < -0.3 is 24.8 Å². The molecule has 2 aliphatic rings. The number of carbonyl (C=O) groups excluding carboxylic acids is 1. The number of para-hydroxylation sites is 1. The molecule has 10 nitrogen and oxygen atoms in total. The first-order chi connectivity index (χ1) is 14.6. The molecule has 2 fully saturated rings. The van der Waals surface area contributed by atoms with Crippen LogP contribution in [-0.2, 0) is 14.2 Å². The monoisotopic (exact) mass is 450 g/mol. The number of benzene rings is 1. The largest absolute Gasteiger partial charge is 0.444 e. The van der Waals surface area contributed by atoms with E-state index in [0.29, 0.717) is 10.9 Å². The topological polar surface area (TPSA) is 125 Å². The number of amides is 1. The molecule has 0 saturated carbocycles. The Morgan fingerprint density at radius 1 is 1.23 bits per heavy atom. The minimum atomic E-state index is -0.621. The third kappa shape index (κ3) is 4.36. The first-order valence-corrected chi connectivity index (χ1v) is 10.2. The number of nitrogens with zero attached hydrogens (tertiary/aromatic N) is 2. The lowest BCUT2D eigenvalue weighted by Crippen LogP contribution is -2.46. The van der Waals surface area contributed by atoms with Gasteiger partial charge in [0, 0.05) is 5.39 Å². The van der Waals surface area contributed by atoms with Gasteiger partial charge in [0.1, 0.15) is 23.5 Å². The number of nitro groups is 1. The molecule has 0 aliphatic carbocycles. The van der Waals surface area contributed by atoms with Gasteiger partial charge in [0.25, 0.3) is 0 Å². The molecule has 4 rings (SSSR count). The molecule has 1 aromatic heterocycles. The summed E-state index contributed by atoms with van der Waals surface area (Å²) in [5.41, 5.74) is -0.121. The molecule has 0 bridgehead atoms. The smallest absolute Gasteiger partial charge is 0.408 e. The van der Waals surface area contributed by atoms with Crippen molar-refractivity contribution in [3.8, 4) is 0 Å². The van der Waals surface area contributed by atoms with Crippen LogP contribution in [0.1, 0.15) is 20.8 Å². The molecule has 1 amide bonds. The average Bonchev–Trinajstić information content (AvgIpc) is 3.23. The van der Waals surface area contributed by atoms with Crippen LogP contribution in [0.2, 0.25) is 5.15 Å². The zero-order chi connectivity index (χ0) is 22.3. The van der Waals surface area contributed by atoms with Gasteiger partial charge in [-0.05, 0) is 26.8 Å². The van der Waals surface area contributed by atoms with E-state index >= 15 is 0 Å². The van der Waals surface area contributed by atoms with Crippen LogP contribution in [0.5, 0.6) is 0 Å². The van der Waals surface area contributed by atoms with E-state index in [1.54, 1.807) is 45.0 Å². The van der Waals surface area contributed by atoms with Crippen molar-refractivity contribution < 1.29 is 23.9 Å². The summed E-state index contributed by atoms with van der Waals surface area (Å²) in [5.74, 6) is 0. The number of hydrogen-bond donors (Lipinski definition) is 2. The molecule has 2 aromatic rings. The minimum Gasteiger partial charge on any atom is -0.444 e. The summed E-state index contributed by atoms with van der Waals surface area (Å²) >= 11 is 6.12. The second kappa shape index (κ2) is 8.10. The molecule has 2 aliphatic heterocycles. The van der Waals surface area contributed by atoms with Crippen molar-refractivity contribution >= 4 is 40.0 Å². The maximum absolute atomic E-state index is 12.1. The van der Waals surface area contributed by atoms with Crippen LogP contribution in [0.4, 0.5) is 16.2 Å². The second-order valence-electron chi connectivity index (χ2n) is 8.50. The van der Waals surface area contributed by atoms with Gasteiger partial charge in [-0.1, -0.05) is 29.8 Å². The van der Waals surface area contributed by atoms with Crippen LogP contribution >= 0.6 is 11.6 Å². The SMILES string of the molecule is CC(C)(C)OC(=O)N[C@H]1CO[C@H]2[C@@H]1OC[C@@H]2Nc1c([N+](=O)[O-])c(Cl)nc2ccccc12. The molecule has 2 N–H and O–H groups in total. The Morgan fingerprint density at radius 3 is 2.55 bits per heavy atom. The molecule has 31 heavy (non-hydrogen) atoms. The highest BCUT2D eigenvalue weighted by Crippen LogP contribution is 2.39. The van der Waals surface area contributed by atoms with Crippen molar-refractivity contribution in [2.75, 3.05) is 18.5 Å². The van der Waals surface area contributed by atoms with Crippen molar-refractivity contribution in [2.45, 2.75) is 50.7 Å². The fourth-order valence-electron chi connectivity index (χ4n) is 3.88. The zero-order valence-corrected chi connectivity index (χ0v) is 18.0. The molecule has 0 radical (unpaired) electrons. The Morgan fingerprint density at radius 2 is 1.87 bits per heavy atom. The van der Waals surface area contributed by atoms with E-state index in [1.165, 1.54) is 0 Å². The highest BCUT2D eigenvalue weighted by molar-refractivity contribution is 6.33. The van der Waals surface area contributed by atoms with Gasteiger partial charge in [0.2, 0.25) is 5.15 Å². The number of hydrogen-bond acceptors (Lipinski definition) is 8. The summed E-state index contributed by atoms with van der Waals surface area (Å²) in [4.78, 5) is 27.4. The van der Waals surface area contributed by atoms with Gasteiger partial charge in [-0.15, -0.1) is 0 Å². The van der Waals surface area contributed by atoms with Crippen molar-refractivity contribution in [3.05, 3.63) is 39.5 Å². The van der Waals surface area contributed by atoms with Crippen LogP contribution in [-0.4, -0.2) is 59.1 Å². The van der Waals surface area contributed by atoms with Gasteiger partial charge in [-0.2, -0.15) is 0 Å². The minimum absolute atomic E-state index is 0.196. The number of nitrogens with one attached hydrogen (secondary N) is 2. The summed E-state index contributed by atoms with van der Waals surface area (Å²) in [5, 5.41) is 18.0. The highest BCUT2D eigenvalue weighted by Gasteiger charge is 2.49. The van der Waals surface area contributed by atoms with Crippen molar-refractivity contribution in [3.63, 3.8) is 0 Å². The molecular weight excluding hydrogens is 428 g/mol. The first-order valence-electron chi connectivity index (χ1n) is 9.86. The number of aromatic nitrogens is 1. The zero-order valence-electron chi connectivity index (χ0n) is 17.3. The predicted octanol–water partition coefficient (Wildman–Crippen LogP) is 3.27. The average molecular weight is 451 g/mol. The fourth-order valence-corrected chi connectivity index (χ4v) is 4.13. The third-order valence-electron chi connectivity index (χ3n) is 5.09. The molecular formula is C20H23ClN4O6. The van der Waals surface area contributed by atoms with Gasteiger partial charge in [-0.3, -0.25) is 10.1 Å². The van der Waals surface area contributed by atoms with Gasteiger partial charge in [0.15, 0.2) is 0 Å². The Balaban J connectivity index is 1.55. The fraction of sp³-hybridized carbons (Fsp3) is 0.500. The molecule has 11 heteroatoms. The lowest BCUT2D eigenvalue weighted by Gasteiger charge is -2.23. The number of anilines is 1. The first kappa shape index (κ1) is 21.5. The third-order valence-corrected chi connectivity index (χ3v) is 5.36. The van der Waals surface area contributed by atoms with E-state index in [4.69, 9.17) is 25.8 Å². The Labute approximate surface area is 183 Å². The molecule has 2 saturated heterocycles. The van der Waals surface area contributed by atoms with E-state index in [-0.39, 0.29) is 41.8 Å². The van der Waals surface area contributed by atoms with Crippen LogP contribution in [0.25, 0.3) is 10.9 Å². The van der Waals surface area contributed by atoms with Crippen LogP contribution in [0.15, 0.2) is 24.3 Å². The molecule has 1 aromatic carbocycles. The van der Waals surface area contributed by atoms with Crippen molar-refractivity contribution in [2.24, 2.45) is 0 Å². The van der Waals surface area contributed by atoms with Crippen LogP contribution in [0, 0.1) is 10.1 Å². The number of fused-ring (bicyclic) bond motifs is 2. The van der Waals surface area contributed by atoms with E-state index in [2.05, 4.69) is 15.6 Å². The quantitative estimate of drug-likeness (QED) is 0.413. The van der Waals surface area contributed by atoms with E-state index in [9.17, 15) is 14.9 Å². The van der Waals surface area contributed by atoms with Crippen molar-refractivity contribution in [1.82, 2.24) is 10.3 Å². The van der Waals surface area contributed by atoms with Crippen LogP contribution < -0.4 is 10.6 Å². The summed E-state index contributed by atoms with van der Waals surface area (Å²) in [6.07, 6.45) is -1.37. The second-order valence-corrected chi connectivity index (χ2v) is 8.86. The predicted molar refractivity (Wildman–Crippen MR) is 113 cm³/mol. The number of pyridine rings is 1. The number of carbonyl (C=O) groups is 1. The lowest BCUT2D eigenvalue weighted by molar-refractivity contribution is -0.384. The van der Waals surface area contributed by atoms with E-state index in [0.717, 1.165) is 0 Å². The number of halogens is 1. The molecule has 166 valence electrons. The lowest BCUT2D eigenvalue weighted by atomic mass is 10.0. The number of ether oxygens (including phenoxy) is 3. The van der Waals surface area contributed by atoms with Gasteiger partial charge in [0.05, 0.1) is 35.7 Å². The van der Waals surface area contributed by atoms with Gasteiger partial charge >= 0.3 is 11.8 Å². The molecule has 0 unspecified atom stereocenters. The Hall–Kier alpha value is -2.69. The number of rotatable bonds is 4. The summed E-state index contributed by atoms with van der Waals surface area (Å²) in [6, 6.07) is 6.26. The molecule has 4 atom stereocenters. The normalized spacial score (nSPS) is 25.3. The van der Waals surface area contributed by atoms with E-state index < -0.39 is 28.8 Å². The maximum Gasteiger partial charge on any atom is 0.408 e. The Kier molecular flexibility index (Phi) is 5.63. The van der Waals surface area contributed by atoms with Crippen LogP contribution in [0.3, 0.4) is 0 Å². The molecule has 0 spiro atoms. The van der Waals surface area contributed by atoms with Gasteiger partial charge in [-0.25, -0.2) is 9.78 Å².